The largest absolute Gasteiger partial charge is 0.477 e. The maximum absolute atomic E-state index is 13.0. The van der Waals surface area contributed by atoms with Gasteiger partial charge in [-0.2, -0.15) is 5.26 Å². The van der Waals surface area contributed by atoms with Crippen LogP contribution >= 0.6 is 7.60 Å². The predicted octanol–water partition coefficient (Wildman–Crippen LogP) is 3.49. The lowest BCUT2D eigenvalue weighted by molar-refractivity contribution is 0.168. The first-order valence-electron chi connectivity index (χ1n) is 6.13. The molecule has 0 saturated carbocycles. The molecule has 20 heavy (non-hydrogen) atoms. The lowest BCUT2D eigenvalue weighted by Gasteiger charge is -2.24. The van der Waals surface area contributed by atoms with Gasteiger partial charge in [0, 0.05) is 6.07 Å². The van der Waals surface area contributed by atoms with Crippen molar-refractivity contribution in [1.29, 1.82) is 5.26 Å². The van der Waals surface area contributed by atoms with E-state index >= 15 is 0 Å². The molecule has 109 valence electrons. The van der Waals surface area contributed by atoms with Crippen LogP contribution in [0.25, 0.3) is 0 Å². The molecular formula is C13H16FNO4P. The second kappa shape index (κ2) is 7.39. The van der Waals surface area contributed by atoms with Crippen LogP contribution in [0.2, 0.25) is 0 Å². The predicted molar refractivity (Wildman–Crippen MR) is 70.9 cm³/mol. The highest BCUT2D eigenvalue weighted by Crippen LogP contribution is 2.53. The number of nitrogens with zero attached hydrogens (tertiary/aromatic N) is 1. The summed E-state index contributed by atoms with van der Waals surface area (Å²) in [6.45, 7) is 5.28. The molecule has 0 spiro atoms. The molecule has 1 aromatic carbocycles. The minimum absolute atomic E-state index is 0.00681. The molecule has 5 nitrogen and oxygen atoms in total. The molecule has 0 fully saturated rings. The molecule has 0 saturated heterocycles. The summed E-state index contributed by atoms with van der Waals surface area (Å²) in [6, 6.07) is 6.26. The van der Waals surface area contributed by atoms with E-state index in [1.54, 1.807) is 19.9 Å². The van der Waals surface area contributed by atoms with E-state index < -0.39 is 19.3 Å². The molecule has 1 radical (unpaired) electrons. The second-order valence-corrected chi connectivity index (χ2v) is 6.09. The Morgan fingerprint density at radius 1 is 1.45 bits per heavy atom. The zero-order chi connectivity index (χ0) is 15.2. The van der Waals surface area contributed by atoms with Gasteiger partial charge in [0.2, 0.25) is 0 Å². The average molecular weight is 300 g/mol. The zero-order valence-corrected chi connectivity index (χ0v) is 12.4. The van der Waals surface area contributed by atoms with Gasteiger partial charge in [0.25, 0.3) is 0 Å². The molecule has 0 aromatic heterocycles. The van der Waals surface area contributed by atoms with Crippen molar-refractivity contribution in [1.82, 2.24) is 0 Å². The number of halogens is 1. The lowest BCUT2D eigenvalue weighted by Crippen LogP contribution is -2.17. The van der Waals surface area contributed by atoms with E-state index in [1.807, 2.05) is 0 Å². The number of ether oxygens (including phenoxy) is 1. The van der Waals surface area contributed by atoms with Gasteiger partial charge in [0.15, 0.2) is 5.85 Å². The fourth-order valence-corrected chi connectivity index (χ4v) is 2.95. The molecular weight excluding hydrogens is 284 g/mol. The highest BCUT2D eigenvalue weighted by Gasteiger charge is 2.34. The number of hydrogen-bond donors (Lipinski definition) is 0. The summed E-state index contributed by atoms with van der Waals surface area (Å²) in [5.41, 5.74) is -0.00681. The van der Waals surface area contributed by atoms with Crippen molar-refractivity contribution in [2.45, 2.75) is 26.6 Å². The minimum atomic E-state index is -3.46. The van der Waals surface area contributed by atoms with Crippen LogP contribution in [0.15, 0.2) is 12.1 Å². The van der Waals surface area contributed by atoms with Crippen LogP contribution in [0, 0.1) is 23.2 Å². The molecule has 1 aromatic rings. The monoisotopic (exact) mass is 300 g/mol. The molecule has 1 rings (SSSR count). The molecule has 0 aliphatic rings. The summed E-state index contributed by atoms with van der Waals surface area (Å²) in [5, 5.41) is 8.92. The van der Waals surface area contributed by atoms with Crippen molar-refractivity contribution in [3.8, 4) is 11.8 Å². The highest BCUT2D eigenvalue weighted by molar-refractivity contribution is 7.54. The topological polar surface area (TPSA) is 68.6 Å². The zero-order valence-electron chi connectivity index (χ0n) is 11.6. The molecule has 0 N–H and O–H groups in total. The maximum atomic E-state index is 13.0. The maximum Gasteiger partial charge on any atom is 0.370 e. The Balaban J connectivity index is 2.97. The first-order valence-corrected chi connectivity index (χ1v) is 7.74. The standard InChI is InChI=1S/C13H16FNO4P/c1-4-17-20(16,18-5-2)10(3)19-13-7-6-12(14)8-11(13)9-15/h7-8,10H,4-5H2,1-3H3. The Kier molecular flexibility index (Phi) is 6.15. The number of benzene rings is 1. The Labute approximate surface area is 117 Å². The third-order valence-electron chi connectivity index (χ3n) is 2.36. The molecule has 0 amide bonds. The van der Waals surface area contributed by atoms with Gasteiger partial charge in [-0.05, 0) is 32.9 Å². The van der Waals surface area contributed by atoms with Gasteiger partial charge in [0.1, 0.15) is 17.6 Å². The third-order valence-corrected chi connectivity index (χ3v) is 4.59. The van der Waals surface area contributed by atoms with Crippen molar-refractivity contribution >= 4 is 7.60 Å². The van der Waals surface area contributed by atoms with Crippen LogP contribution in [0.5, 0.6) is 5.75 Å². The second-order valence-electron chi connectivity index (χ2n) is 3.76. The van der Waals surface area contributed by atoms with Crippen molar-refractivity contribution in [2.75, 3.05) is 13.2 Å². The quantitative estimate of drug-likeness (QED) is 0.721. The molecule has 0 aliphatic carbocycles. The van der Waals surface area contributed by atoms with Gasteiger partial charge < -0.3 is 13.8 Å². The Hall–Kier alpha value is -1.41. The molecule has 7 heteroatoms. The molecule has 1 atom stereocenters. The van der Waals surface area contributed by atoms with E-state index in [1.165, 1.54) is 13.0 Å². The van der Waals surface area contributed by atoms with E-state index in [4.69, 9.17) is 19.0 Å². The van der Waals surface area contributed by atoms with Gasteiger partial charge in [-0.15, -0.1) is 0 Å². The fourth-order valence-electron chi connectivity index (χ4n) is 1.49. The van der Waals surface area contributed by atoms with Crippen LogP contribution in [0.4, 0.5) is 4.39 Å². The van der Waals surface area contributed by atoms with Gasteiger partial charge in [-0.1, -0.05) is 0 Å². The van der Waals surface area contributed by atoms with E-state index in [0.29, 0.717) is 0 Å². The number of rotatable bonds is 7. The van der Waals surface area contributed by atoms with Crippen molar-refractivity contribution in [3.63, 3.8) is 0 Å². The summed E-state index contributed by atoms with van der Waals surface area (Å²) in [5.74, 6) is -1.51. The van der Waals surface area contributed by atoms with Gasteiger partial charge >= 0.3 is 7.60 Å². The average Bonchev–Trinajstić information content (AvgIpc) is 2.41. The van der Waals surface area contributed by atoms with E-state index in [0.717, 1.165) is 6.07 Å². The van der Waals surface area contributed by atoms with Crippen LogP contribution in [-0.4, -0.2) is 19.1 Å². The number of nitriles is 1. The fraction of sp³-hybridized carbons (Fsp3) is 0.462. The first kappa shape index (κ1) is 16.6. The Bertz CT molecular complexity index is 534. The van der Waals surface area contributed by atoms with Crippen LogP contribution in [-0.2, 0) is 13.6 Å². The third kappa shape index (κ3) is 4.04. The van der Waals surface area contributed by atoms with Crippen molar-refractivity contribution < 1.29 is 22.7 Å². The normalized spacial score (nSPS) is 12.8. The van der Waals surface area contributed by atoms with Crippen molar-refractivity contribution in [2.24, 2.45) is 0 Å². The molecule has 0 aliphatic heterocycles. The SMILES string of the molecule is CCOP(=O)(OCC)C(C)Oc1c[c]c(F)cc1C#N. The van der Waals surface area contributed by atoms with Gasteiger partial charge in [-0.3, -0.25) is 4.57 Å². The summed E-state index contributed by atoms with van der Waals surface area (Å²) < 4.78 is 41.1. The van der Waals surface area contributed by atoms with Crippen LogP contribution in [0.3, 0.4) is 0 Å². The van der Waals surface area contributed by atoms with Crippen LogP contribution in [0.1, 0.15) is 26.3 Å². The van der Waals surface area contributed by atoms with Gasteiger partial charge in [-0.25, -0.2) is 4.39 Å². The summed E-state index contributed by atoms with van der Waals surface area (Å²) in [4.78, 5) is 0. The molecule has 1 unspecified atom stereocenters. The molecule has 0 heterocycles. The lowest BCUT2D eigenvalue weighted by atomic mass is 10.2. The summed E-state index contributed by atoms with van der Waals surface area (Å²) in [6.07, 6.45) is 0. The smallest absolute Gasteiger partial charge is 0.370 e. The first-order chi connectivity index (χ1) is 9.46. The van der Waals surface area contributed by atoms with E-state index in [-0.39, 0.29) is 24.5 Å². The molecule has 0 bridgehead atoms. The van der Waals surface area contributed by atoms with E-state index in [9.17, 15) is 8.96 Å². The number of hydrogen-bond acceptors (Lipinski definition) is 5. The Morgan fingerprint density at radius 3 is 2.55 bits per heavy atom. The van der Waals surface area contributed by atoms with Crippen molar-refractivity contribution in [3.05, 3.63) is 29.6 Å². The van der Waals surface area contributed by atoms with E-state index in [2.05, 4.69) is 6.07 Å². The van der Waals surface area contributed by atoms with Crippen LogP contribution < -0.4 is 4.74 Å². The van der Waals surface area contributed by atoms with Gasteiger partial charge in [0.05, 0.1) is 18.8 Å². The summed E-state index contributed by atoms with van der Waals surface area (Å²) >= 11 is 0. The Morgan fingerprint density at radius 2 is 2.05 bits per heavy atom. The minimum Gasteiger partial charge on any atom is -0.477 e. The summed E-state index contributed by atoms with van der Waals surface area (Å²) in [7, 11) is -3.46. The highest BCUT2D eigenvalue weighted by atomic mass is 31.2.